The maximum atomic E-state index is 14.1. The monoisotopic (exact) mass is 896 g/mol. The number of nitro groups is 1. The minimum atomic E-state index is -4.72. The summed E-state index contributed by atoms with van der Waals surface area (Å²) in [5.74, 6) is -1.07. The largest absolute Gasteiger partial charge is 0.486 e. The molecule has 2 aliphatic carbocycles. The molecule has 332 valence electrons. The number of carbonyl (C=O) groups excluding carboxylic acids is 1. The molecule has 3 aliphatic rings. The van der Waals surface area contributed by atoms with E-state index in [1.165, 1.54) is 41.1 Å². The number of fused-ring (bicyclic) bond motifs is 1. The van der Waals surface area contributed by atoms with E-state index in [1.807, 2.05) is 18.2 Å². The summed E-state index contributed by atoms with van der Waals surface area (Å²) in [6.45, 7) is 10.3. The number of nitrogens with zero attached hydrogens (tertiary/aromatic N) is 4. The second-order valence-corrected chi connectivity index (χ2v) is 20.2. The number of ether oxygens (including phenoxy) is 2. The van der Waals surface area contributed by atoms with Crippen molar-refractivity contribution in [2.45, 2.75) is 76.2 Å². The van der Waals surface area contributed by atoms with E-state index in [9.17, 15) is 28.4 Å². The van der Waals surface area contributed by atoms with Gasteiger partial charge in [0, 0.05) is 67.1 Å². The first kappa shape index (κ1) is 44.1. The molecule has 1 saturated carbocycles. The van der Waals surface area contributed by atoms with Gasteiger partial charge in [-0.3, -0.25) is 19.8 Å². The van der Waals surface area contributed by atoms with Crippen molar-refractivity contribution in [3.8, 4) is 17.2 Å². The second-order valence-electron chi connectivity index (χ2n) is 18.1. The molecule has 0 spiro atoms. The van der Waals surface area contributed by atoms with Crippen molar-refractivity contribution < 1.29 is 32.7 Å². The molecule has 3 aromatic carbocycles. The Morgan fingerprint density at radius 3 is 2.49 bits per heavy atom. The number of nitro benzene ring substituents is 1. The van der Waals surface area contributed by atoms with Crippen molar-refractivity contribution in [3.05, 3.63) is 117 Å². The van der Waals surface area contributed by atoms with Crippen molar-refractivity contribution in [1.29, 1.82) is 0 Å². The summed E-state index contributed by atoms with van der Waals surface area (Å²) in [4.78, 5) is 37.1. The molecule has 5 aromatic rings. The highest BCUT2D eigenvalue weighted by molar-refractivity contribution is 7.90. The number of nitrogens with one attached hydrogen (secondary N) is 2. The van der Waals surface area contributed by atoms with Crippen molar-refractivity contribution >= 4 is 55.5 Å². The Bertz CT molecular complexity index is 2650. The molecule has 8 rings (SSSR count). The molecular formula is C47H53ClN6O8S. The molecule has 16 heteroatoms. The maximum absolute atomic E-state index is 14.1. The first-order chi connectivity index (χ1) is 30.0. The number of aromatic amines is 1. The average Bonchev–Trinajstić information content (AvgIpc) is 3.72. The van der Waals surface area contributed by atoms with Gasteiger partial charge in [0.05, 0.1) is 28.9 Å². The number of anilines is 1. The molecule has 2 aromatic heterocycles. The molecular weight excluding hydrogens is 844 g/mol. The van der Waals surface area contributed by atoms with Gasteiger partial charge in [0.2, 0.25) is 5.75 Å². The highest BCUT2D eigenvalue weighted by atomic mass is 35.5. The van der Waals surface area contributed by atoms with Gasteiger partial charge in [0.15, 0.2) is 0 Å². The number of halogens is 1. The van der Waals surface area contributed by atoms with Crippen LogP contribution in [0.25, 0.3) is 16.6 Å². The van der Waals surface area contributed by atoms with Crippen molar-refractivity contribution in [1.82, 2.24) is 19.6 Å². The lowest BCUT2D eigenvalue weighted by molar-refractivity contribution is -0.386. The molecule has 3 N–H and O–H groups in total. The van der Waals surface area contributed by atoms with E-state index in [2.05, 4.69) is 50.5 Å². The summed E-state index contributed by atoms with van der Waals surface area (Å²) in [6, 6.07) is 20.4. The van der Waals surface area contributed by atoms with Crippen LogP contribution < -0.4 is 19.1 Å². The van der Waals surface area contributed by atoms with Crippen LogP contribution in [0.5, 0.6) is 17.2 Å². The molecule has 63 heavy (non-hydrogen) atoms. The van der Waals surface area contributed by atoms with Gasteiger partial charge in [-0.15, -0.1) is 0 Å². The summed E-state index contributed by atoms with van der Waals surface area (Å²) >= 11 is 6.24. The number of allylic oxidation sites excluding steroid dienone is 1. The number of H-pyrrole nitrogens is 1. The lowest BCUT2D eigenvalue weighted by Gasteiger charge is -2.39. The number of hydrogen-bond acceptors (Lipinski definition) is 11. The van der Waals surface area contributed by atoms with Crippen LogP contribution in [0.3, 0.4) is 0 Å². The first-order valence-corrected chi connectivity index (χ1v) is 23.3. The Kier molecular flexibility index (Phi) is 12.6. The van der Waals surface area contributed by atoms with Gasteiger partial charge in [-0.1, -0.05) is 49.2 Å². The Balaban J connectivity index is 1.02. The van der Waals surface area contributed by atoms with Crippen LogP contribution in [0.4, 0.5) is 11.4 Å². The third-order valence-corrected chi connectivity index (χ3v) is 14.3. The van der Waals surface area contributed by atoms with E-state index in [0.29, 0.717) is 50.2 Å². The number of sulfonamides is 1. The van der Waals surface area contributed by atoms with Crippen LogP contribution in [0.15, 0.2) is 95.7 Å². The number of benzene rings is 3. The van der Waals surface area contributed by atoms with Crippen molar-refractivity contribution in [2.75, 3.05) is 44.2 Å². The number of piperazine rings is 1. The van der Waals surface area contributed by atoms with Crippen LogP contribution in [-0.4, -0.2) is 84.2 Å². The maximum Gasteiger partial charge on any atom is 0.312 e. The quantitative estimate of drug-likeness (QED) is 0.0758. The molecule has 1 saturated heterocycles. The number of carbonyl (C=O) groups is 1. The summed E-state index contributed by atoms with van der Waals surface area (Å²) in [5, 5.41) is 24.0. The van der Waals surface area contributed by atoms with Crippen LogP contribution in [0.1, 0.15) is 81.6 Å². The highest BCUT2D eigenvalue weighted by Crippen LogP contribution is 2.44. The fraction of sp³-hybridized carbons (Fsp3) is 0.404. The standard InChI is InChI=1S/C47H53ClN6O8S/c1-46(2)17-15-34(39(27-46)32-7-9-35(48)10-8-32)29-52-21-23-53(24-22-52)36-11-12-38(41(26-36)62-37-25-33-16-20-49-44(33)50-28-37)45(55)51-63(59,60)42-6-4-5-40(54(57)58)43(42)61-30-31-13-18-47(3,56)19-14-31/h4-12,16,20,25-26,28,31,56H,13-15,17-19,21-24,27,29-30H2,1-3H3,(H,49,50)(H,51,55). The molecule has 0 radical (unpaired) electrons. The van der Waals surface area contributed by atoms with Crippen molar-refractivity contribution in [2.24, 2.45) is 11.3 Å². The van der Waals surface area contributed by atoms with Crippen molar-refractivity contribution in [3.63, 3.8) is 0 Å². The van der Waals surface area contributed by atoms with E-state index < -0.39 is 42.8 Å². The average molecular weight is 897 g/mol. The molecule has 2 fully saturated rings. The molecule has 0 atom stereocenters. The van der Waals surface area contributed by atoms with Gasteiger partial charge in [0.25, 0.3) is 15.9 Å². The molecule has 1 aliphatic heterocycles. The highest BCUT2D eigenvalue weighted by Gasteiger charge is 2.34. The number of hydrogen-bond donors (Lipinski definition) is 3. The van der Waals surface area contributed by atoms with Gasteiger partial charge in [-0.05, 0) is 117 Å². The van der Waals surface area contributed by atoms with Crippen LogP contribution in [0, 0.1) is 21.4 Å². The number of aromatic nitrogens is 2. The van der Waals surface area contributed by atoms with Gasteiger partial charge in [0.1, 0.15) is 22.0 Å². The molecule has 3 heterocycles. The zero-order chi connectivity index (χ0) is 44.5. The summed E-state index contributed by atoms with van der Waals surface area (Å²) in [5.41, 5.74) is 4.32. The third kappa shape index (κ3) is 10.3. The molecule has 0 unspecified atom stereocenters. The van der Waals surface area contributed by atoms with E-state index in [1.54, 1.807) is 31.3 Å². The predicted octanol–water partition coefficient (Wildman–Crippen LogP) is 9.14. The van der Waals surface area contributed by atoms with Crippen LogP contribution >= 0.6 is 11.6 Å². The van der Waals surface area contributed by atoms with E-state index in [0.717, 1.165) is 61.1 Å². The molecule has 14 nitrogen and oxygen atoms in total. The van der Waals surface area contributed by atoms with Gasteiger partial charge in [-0.2, -0.15) is 0 Å². The minimum absolute atomic E-state index is 0.00524. The number of aliphatic hydroxyl groups is 1. The Morgan fingerprint density at radius 1 is 1.02 bits per heavy atom. The number of pyridine rings is 1. The number of amides is 1. The summed E-state index contributed by atoms with van der Waals surface area (Å²) in [7, 11) is -4.72. The first-order valence-electron chi connectivity index (χ1n) is 21.4. The Hall–Kier alpha value is -5.48. The topological polar surface area (TPSA) is 180 Å². The number of para-hydroxylation sites is 1. The molecule has 1 amide bonds. The Morgan fingerprint density at radius 2 is 1.76 bits per heavy atom. The zero-order valence-electron chi connectivity index (χ0n) is 35.7. The van der Waals surface area contributed by atoms with E-state index >= 15 is 0 Å². The van der Waals surface area contributed by atoms with Gasteiger partial charge >= 0.3 is 5.69 Å². The fourth-order valence-corrected chi connectivity index (χ4v) is 10.1. The third-order valence-electron chi connectivity index (χ3n) is 12.7. The van der Waals surface area contributed by atoms with E-state index in [-0.39, 0.29) is 29.3 Å². The minimum Gasteiger partial charge on any atom is -0.486 e. The van der Waals surface area contributed by atoms with Gasteiger partial charge < -0.3 is 24.5 Å². The smallest absolute Gasteiger partial charge is 0.312 e. The fourth-order valence-electron chi connectivity index (χ4n) is 8.88. The zero-order valence-corrected chi connectivity index (χ0v) is 37.3. The Labute approximate surface area is 372 Å². The summed E-state index contributed by atoms with van der Waals surface area (Å²) < 4.78 is 42.4. The number of rotatable bonds is 13. The normalized spacial score (nSPS) is 20.7. The lowest BCUT2D eigenvalue weighted by atomic mass is 9.72. The van der Waals surface area contributed by atoms with E-state index in [4.69, 9.17) is 21.1 Å². The SMILES string of the molecule is CC1(C)CCC(CN2CCN(c3ccc(C(=O)NS(=O)(=O)c4cccc([N+](=O)[O-])c4OCC4CCC(C)(O)CC4)c(Oc4cnc5[nH]ccc5c4)c3)CC2)=C(c2ccc(Cl)cc2)C1. The summed E-state index contributed by atoms with van der Waals surface area (Å²) in [6.07, 6.45) is 8.70. The van der Waals surface area contributed by atoms with Gasteiger partial charge in [-0.25, -0.2) is 18.1 Å². The lowest BCUT2D eigenvalue weighted by Crippen LogP contribution is -2.47. The predicted molar refractivity (Wildman–Crippen MR) is 243 cm³/mol. The molecule has 0 bridgehead atoms. The van der Waals surface area contributed by atoms with Crippen LogP contribution in [0.2, 0.25) is 5.02 Å². The van der Waals surface area contributed by atoms with Crippen LogP contribution in [-0.2, 0) is 10.0 Å². The second kappa shape index (κ2) is 17.9.